The Morgan fingerprint density at radius 1 is 0.774 bits per heavy atom. The van der Waals surface area contributed by atoms with E-state index in [1.165, 1.54) is 5.69 Å². The van der Waals surface area contributed by atoms with Crippen molar-refractivity contribution in [2.24, 2.45) is 0 Å². The van der Waals surface area contributed by atoms with Crippen LogP contribution in [0.1, 0.15) is 17.3 Å². The van der Waals surface area contributed by atoms with Crippen molar-refractivity contribution in [1.82, 2.24) is 14.7 Å². The summed E-state index contributed by atoms with van der Waals surface area (Å²) >= 11 is 5.92. The largest absolute Gasteiger partial charge is 0.368 e. The maximum absolute atomic E-state index is 13.1. The van der Waals surface area contributed by atoms with Gasteiger partial charge in [-0.1, -0.05) is 29.8 Å². The van der Waals surface area contributed by atoms with Crippen LogP contribution in [0, 0.1) is 0 Å². The molecule has 0 aliphatic carbocycles. The van der Waals surface area contributed by atoms with Gasteiger partial charge in [0.15, 0.2) is 0 Å². The summed E-state index contributed by atoms with van der Waals surface area (Å²) in [5, 5.41) is 0.623. The van der Waals surface area contributed by atoms with Gasteiger partial charge in [-0.2, -0.15) is 0 Å². The van der Waals surface area contributed by atoms with Crippen LogP contribution in [0.3, 0.4) is 0 Å². The Hall–Kier alpha value is -2.57. The van der Waals surface area contributed by atoms with E-state index in [1.807, 2.05) is 34.9 Å². The lowest BCUT2D eigenvalue weighted by Crippen LogP contribution is -2.58. The quantitative estimate of drug-likeness (QED) is 0.733. The number of amides is 2. The van der Waals surface area contributed by atoms with Crippen LogP contribution in [-0.2, 0) is 4.79 Å². The molecule has 0 bridgehead atoms. The minimum atomic E-state index is -0.170. The van der Waals surface area contributed by atoms with Crippen molar-refractivity contribution in [2.75, 3.05) is 57.3 Å². The van der Waals surface area contributed by atoms with Crippen LogP contribution in [-0.4, -0.2) is 84.9 Å². The highest BCUT2D eigenvalue weighted by Gasteiger charge is 2.31. The number of carbonyl (C=O) groups is 2. The third-order valence-corrected chi connectivity index (χ3v) is 6.56. The molecule has 1 unspecified atom stereocenters. The number of nitrogens with zero attached hydrogens (tertiary/aromatic N) is 4. The molecule has 2 saturated heterocycles. The number of hydrogen-bond acceptors (Lipinski definition) is 4. The van der Waals surface area contributed by atoms with Gasteiger partial charge in [0.1, 0.15) is 0 Å². The van der Waals surface area contributed by atoms with E-state index in [2.05, 4.69) is 21.9 Å². The van der Waals surface area contributed by atoms with Crippen LogP contribution >= 0.6 is 11.6 Å². The van der Waals surface area contributed by atoms with Gasteiger partial charge in [-0.05, 0) is 43.3 Å². The van der Waals surface area contributed by atoms with Crippen LogP contribution in [0.25, 0.3) is 0 Å². The summed E-state index contributed by atoms with van der Waals surface area (Å²) in [6.07, 6.45) is 0. The molecular weight excluding hydrogens is 412 g/mol. The monoisotopic (exact) mass is 440 g/mol. The molecule has 31 heavy (non-hydrogen) atoms. The Bertz CT molecular complexity index is 890. The van der Waals surface area contributed by atoms with Crippen molar-refractivity contribution in [3.8, 4) is 0 Å². The fraction of sp³-hybridized carbons (Fsp3) is 0.417. The normalized spacial score (nSPS) is 18.7. The standard InChI is InChI=1S/C24H29ClN4O2/c1-19(23(30)28-17-13-27(14-18-28)22-5-3-2-4-6-22)26-11-15-29(16-12-26)24(31)20-7-9-21(25)10-8-20/h2-10,19H,11-18H2,1H3. The third kappa shape index (κ3) is 5.02. The second-order valence-electron chi connectivity index (χ2n) is 8.16. The van der Waals surface area contributed by atoms with Gasteiger partial charge in [0.2, 0.25) is 5.91 Å². The second kappa shape index (κ2) is 9.71. The Kier molecular flexibility index (Phi) is 6.78. The summed E-state index contributed by atoms with van der Waals surface area (Å²) in [6, 6.07) is 17.2. The lowest BCUT2D eigenvalue weighted by Gasteiger charge is -2.41. The number of halogens is 1. The minimum Gasteiger partial charge on any atom is -0.368 e. The number of rotatable bonds is 4. The molecule has 1 atom stereocenters. The van der Waals surface area contributed by atoms with Gasteiger partial charge in [0, 0.05) is 68.6 Å². The molecule has 2 aromatic rings. The number of hydrogen-bond donors (Lipinski definition) is 0. The SMILES string of the molecule is CC(C(=O)N1CCN(c2ccccc2)CC1)N1CCN(C(=O)c2ccc(Cl)cc2)CC1. The molecule has 0 aromatic heterocycles. The molecular formula is C24H29ClN4O2. The van der Waals surface area contributed by atoms with Crippen LogP contribution in [0.4, 0.5) is 5.69 Å². The molecule has 4 rings (SSSR count). The Balaban J connectivity index is 1.26. The van der Waals surface area contributed by atoms with Crippen molar-refractivity contribution in [3.05, 3.63) is 65.2 Å². The van der Waals surface area contributed by atoms with E-state index in [0.717, 1.165) is 26.2 Å². The van der Waals surface area contributed by atoms with E-state index in [0.29, 0.717) is 36.8 Å². The lowest BCUT2D eigenvalue weighted by atomic mass is 10.1. The highest BCUT2D eigenvalue weighted by molar-refractivity contribution is 6.30. The highest BCUT2D eigenvalue weighted by atomic mass is 35.5. The van der Waals surface area contributed by atoms with E-state index in [-0.39, 0.29) is 17.9 Å². The summed E-state index contributed by atoms with van der Waals surface area (Å²) < 4.78 is 0. The first-order chi connectivity index (χ1) is 15.0. The number of benzene rings is 2. The van der Waals surface area contributed by atoms with Gasteiger partial charge < -0.3 is 14.7 Å². The summed E-state index contributed by atoms with van der Waals surface area (Å²) in [6.45, 7) is 7.84. The van der Waals surface area contributed by atoms with E-state index >= 15 is 0 Å². The average molecular weight is 441 g/mol. The summed E-state index contributed by atoms with van der Waals surface area (Å²) in [4.78, 5) is 34.1. The fourth-order valence-electron chi connectivity index (χ4n) is 4.33. The zero-order chi connectivity index (χ0) is 21.8. The van der Waals surface area contributed by atoms with Gasteiger partial charge in [0.05, 0.1) is 6.04 Å². The molecule has 0 spiro atoms. The smallest absolute Gasteiger partial charge is 0.253 e. The Morgan fingerprint density at radius 3 is 1.97 bits per heavy atom. The first kappa shape index (κ1) is 21.7. The van der Waals surface area contributed by atoms with Crippen molar-refractivity contribution in [2.45, 2.75) is 13.0 Å². The highest BCUT2D eigenvalue weighted by Crippen LogP contribution is 2.18. The Labute approximate surface area is 189 Å². The van der Waals surface area contributed by atoms with Crippen LogP contribution in [0.5, 0.6) is 0 Å². The molecule has 7 heteroatoms. The lowest BCUT2D eigenvalue weighted by molar-refractivity contribution is -0.137. The number of carbonyl (C=O) groups excluding carboxylic acids is 2. The predicted octanol–water partition coefficient (Wildman–Crippen LogP) is 2.84. The molecule has 2 amide bonds. The second-order valence-corrected chi connectivity index (χ2v) is 8.60. The van der Waals surface area contributed by atoms with Gasteiger partial charge in [0.25, 0.3) is 5.91 Å². The molecule has 2 aromatic carbocycles. The van der Waals surface area contributed by atoms with Crippen molar-refractivity contribution in [1.29, 1.82) is 0 Å². The zero-order valence-electron chi connectivity index (χ0n) is 17.9. The third-order valence-electron chi connectivity index (χ3n) is 6.31. The van der Waals surface area contributed by atoms with Gasteiger partial charge in [-0.15, -0.1) is 0 Å². The fourth-order valence-corrected chi connectivity index (χ4v) is 4.46. The topological polar surface area (TPSA) is 47.1 Å². The van der Waals surface area contributed by atoms with Crippen molar-refractivity contribution in [3.63, 3.8) is 0 Å². The molecule has 0 saturated carbocycles. The van der Waals surface area contributed by atoms with E-state index in [4.69, 9.17) is 11.6 Å². The molecule has 6 nitrogen and oxygen atoms in total. The molecule has 164 valence electrons. The molecule has 2 aliphatic heterocycles. The van der Waals surface area contributed by atoms with Crippen LogP contribution in [0.2, 0.25) is 5.02 Å². The summed E-state index contributed by atoms with van der Waals surface area (Å²) in [5.41, 5.74) is 1.86. The van der Waals surface area contributed by atoms with Crippen LogP contribution in [0.15, 0.2) is 54.6 Å². The summed E-state index contributed by atoms with van der Waals surface area (Å²) in [5.74, 6) is 0.206. The zero-order valence-corrected chi connectivity index (χ0v) is 18.7. The Morgan fingerprint density at radius 2 is 1.35 bits per heavy atom. The summed E-state index contributed by atoms with van der Waals surface area (Å²) in [7, 11) is 0. The first-order valence-electron chi connectivity index (χ1n) is 10.9. The van der Waals surface area contributed by atoms with E-state index in [1.54, 1.807) is 24.3 Å². The van der Waals surface area contributed by atoms with E-state index in [9.17, 15) is 9.59 Å². The maximum Gasteiger partial charge on any atom is 0.253 e. The minimum absolute atomic E-state index is 0.0207. The van der Waals surface area contributed by atoms with Crippen molar-refractivity contribution >= 4 is 29.1 Å². The van der Waals surface area contributed by atoms with Crippen molar-refractivity contribution < 1.29 is 9.59 Å². The first-order valence-corrected chi connectivity index (χ1v) is 11.3. The van der Waals surface area contributed by atoms with Gasteiger partial charge in [-0.3, -0.25) is 14.5 Å². The average Bonchev–Trinajstić information content (AvgIpc) is 2.84. The van der Waals surface area contributed by atoms with Gasteiger partial charge in [-0.25, -0.2) is 0 Å². The van der Waals surface area contributed by atoms with Crippen LogP contribution < -0.4 is 4.90 Å². The van der Waals surface area contributed by atoms with E-state index < -0.39 is 0 Å². The van der Waals surface area contributed by atoms with Gasteiger partial charge >= 0.3 is 0 Å². The molecule has 2 aliphatic rings. The maximum atomic E-state index is 13.1. The molecule has 2 fully saturated rings. The number of anilines is 1. The molecule has 0 N–H and O–H groups in total. The predicted molar refractivity (Wildman–Crippen MR) is 124 cm³/mol. The number of para-hydroxylation sites is 1. The molecule has 0 radical (unpaired) electrons. The number of piperazine rings is 2. The molecule has 2 heterocycles.